The maximum atomic E-state index is 12.4. The van der Waals surface area contributed by atoms with Crippen LogP contribution in [0.15, 0.2) is 35.0 Å². The Hall–Kier alpha value is -1.80. The number of halogens is 1. The predicted octanol–water partition coefficient (Wildman–Crippen LogP) is 3.61. The van der Waals surface area contributed by atoms with Crippen molar-refractivity contribution in [1.82, 2.24) is 10.2 Å². The number of hydrogen-bond acceptors (Lipinski definition) is 5. The van der Waals surface area contributed by atoms with Crippen molar-refractivity contribution < 1.29 is 14.3 Å². The summed E-state index contributed by atoms with van der Waals surface area (Å²) in [6.45, 7) is 3.64. The fourth-order valence-electron chi connectivity index (χ4n) is 2.95. The number of benzene rings is 1. The van der Waals surface area contributed by atoms with E-state index in [0.29, 0.717) is 36.2 Å². The standard InChI is InChI=1S/C18H22ClN3O3S/c1-24-17-3-2-14(19)10-15(17)21-18(23)20-11-16(13-4-9-26-12-13)22-5-7-25-8-6-22/h2-4,9-10,12,16H,5-8,11H2,1H3,(H2,20,21,23)/t16-/m1/s1. The Labute approximate surface area is 162 Å². The second-order valence-corrected chi connectivity index (χ2v) is 7.12. The minimum atomic E-state index is -0.293. The Kier molecular flexibility index (Phi) is 6.73. The summed E-state index contributed by atoms with van der Waals surface area (Å²) in [5.41, 5.74) is 1.74. The molecule has 0 saturated carbocycles. The van der Waals surface area contributed by atoms with Gasteiger partial charge in [0, 0.05) is 24.7 Å². The summed E-state index contributed by atoms with van der Waals surface area (Å²) < 4.78 is 10.7. The van der Waals surface area contributed by atoms with E-state index in [-0.39, 0.29) is 12.1 Å². The Balaban J connectivity index is 1.63. The summed E-state index contributed by atoms with van der Waals surface area (Å²) in [4.78, 5) is 14.7. The van der Waals surface area contributed by atoms with E-state index in [0.717, 1.165) is 13.1 Å². The molecule has 1 aromatic carbocycles. The molecule has 1 aliphatic heterocycles. The number of morpholine rings is 1. The first-order chi connectivity index (χ1) is 12.7. The van der Waals surface area contributed by atoms with Gasteiger partial charge < -0.3 is 20.1 Å². The third kappa shape index (κ3) is 4.88. The Morgan fingerprint density at radius 3 is 2.88 bits per heavy atom. The fourth-order valence-corrected chi connectivity index (χ4v) is 3.82. The quantitative estimate of drug-likeness (QED) is 0.784. The molecule has 0 unspecified atom stereocenters. The summed E-state index contributed by atoms with van der Waals surface area (Å²) in [6.07, 6.45) is 0. The van der Waals surface area contributed by atoms with Crippen molar-refractivity contribution in [2.24, 2.45) is 0 Å². The molecule has 2 aromatic rings. The van der Waals surface area contributed by atoms with Gasteiger partial charge in [0.1, 0.15) is 5.75 Å². The van der Waals surface area contributed by atoms with Crippen LogP contribution in [0.5, 0.6) is 5.75 Å². The van der Waals surface area contributed by atoms with Crippen molar-refractivity contribution in [3.05, 3.63) is 45.6 Å². The first-order valence-electron chi connectivity index (χ1n) is 8.39. The number of urea groups is 1. The van der Waals surface area contributed by atoms with Crippen LogP contribution >= 0.6 is 22.9 Å². The zero-order chi connectivity index (χ0) is 18.4. The second kappa shape index (κ2) is 9.23. The molecule has 1 aliphatic rings. The van der Waals surface area contributed by atoms with E-state index in [4.69, 9.17) is 21.1 Å². The van der Waals surface area contributed by atoms with Gasteiger partial charge in [0.15, 0.2) is 0 Å². The summed E-state index contributed by atoms with van der Waals surface area (Å²) in [7, 11) is 1.55. The van der Waals surface area contributed by atoms with Crippen LogP contribution in [0.2, 0.25) is 5.02 Å². The molecule has 0 bridgehead atoms. The molecule has 2 N–H and O–H groups in total. The van der Waals surface area contributed by atoms with Crippen LogP contribution in [0.1, 0.15) is 11.6 Å². The zero-order valence-corrected chi connectivity index (χ0v) is 16.1. The molecule has 1 atom stereocenters. The van der Waals surface area contributed by atoms with Crippen LogP contribution in [0.25, 0.3) is 0 Å². The molecule has 0 radical (unpaired) electrons. The van der Waals surface area contributed by atoms with Crippen molar-refractivity contribution in [3.63, 3.8) is 0 Å². The number of nitrogens with zero attached hydrogens (tertiary/aromatic N) is 1. The first-order valence-corrected chi connectivity index (χ1v) is 9.71. The smallest absolute Gasteiger partial charge is 0.319 e. The van der Waals surface area contributed by atoms with Gasteiger partial charge in [0.2, 0.25) is 0 Å². The first kappa shape index (κ1) is 19.0. The van der Waals surface area contributed by atoms with Gasteiger partial charge in [0.05, 0.1) is 32.1 Å². The molecule has 0 aliphatic carbocycles. The average Bonchev–Trinajstić information content (AvgIpc) is 3.17. The molecule has 1 saturated heterocycles. The van der Waals surface area contributed by atoms with Gasteiger partial charge >= 0.3 is 6.03 Å². The highest BCUT2D eigenvalue weighted by Crippen LogP contribution is 2.28. The van der Waals surface area contributed by atoms with Crippen LogP contribution in [0, 0.1) is 0 Å². The molecule has 8 heteroatoms. The largest absolute Gasteiger partial charge is 0.495 e. The molecule has 1 fully saturated rings. The number of ether oxygens (including phenoxy) is 2. The third-order valence-electron chi connectivity index (χ3n) is 4.28. The van der Waals surface area contributed by atoms with Crippen molar-refractivity contribution in [1.29, 1.82) is 0 Å². The lowest BCUT2D eigenvalue weighted by Gasteiger charge is -2.34. The minimum Gasteiger partial charge on any atom is -0.495 e. The topological polar surface area (TPSA) is 62.8 Å². The molecule has 6 nitrogen and oxygen atoms in total. The zero-order valence-electron chi connectivity index (χ0n) is 14.5. The number of hydrogen-bond donors (Lipinski definition) is 2. The van der Waals surface area contributed by atoms with E-state index < -0.39 is 0 Å². The highest BCUT2D eigenvalue weighted by molar-refractivity contribution is 7.07. The Morgan fingerprint density at radius 1 is 1.38 bits per heavy atom. The summed E-state index contributed by atoms with van der Waals surface area (Å²) in [5.74, 6) is 0.562. The summed E-state index contributed by atoms with van der Waals surface area (Å²) >= 11 is 7.67. The number of thiophene rings is 1. The van der Waals surface area contributed by atoms with E-state index in [1.807, 2.05) is 0 Å². The summed E-state index contributed by atoms with van der Waals surface area (Å²) in [5, 5.41) is 10.5. The lowest BCUT2D eigenvalue weighted by atomic mass is 10.1. The van der Waals surface area contributed by atoms with E-state index >= 15 is 0 Å². The Morgan fingerprint density at radius 2 is 2.19 bits per heavy atom. The number of carbonyl (C=O) groups is 1. The van der Waals surface area contributed by atoms with Gasteiger partial charge in [-0.2, -0.15) is 11.3 Å². The number of rotatable bonds is 6. The number of methoxy groups -OCH3 is 1. The van der Waals surface area contributed by atoms with Gasteiger partial charge in [-0.15, -0.1) is 0 Å². The van der Waals surface area contributed by atoms with E-state index in [1.165, 1.54) is 5.56 Å². The third-order valence-corrected chi connectivity index (χ3v) is 5.22. The van der Waals surface area contributed by atoms with E-state index in [1.54, 1.807) is 36.6 Å². The van der Waals surface area contributed by atoms with Crippen molar-refractivity contribution in [3.8, 4) is 5.75 Å². The molecule has 1 aromatic heterocycles. The number of amides is 2. The summed E-state index contributed by atoms with van der Waals surface area (Å²) in [6, 6.07) is 7.04. The molecular weight excluding hydrogens is 374 g/mol. The van der Waals surface area contributed by atoms with Crippen molar-refractivity contribution in [2.75, 3.05) is 45.3 Å². The molecule has 26 heavy (non-hydrogen) atoms. The monoisotopic (exact) mass is 395 g/mol. The normalized spacial score (nSPS) is 16.1. The molecule has 0 spiro atoms. The second-order valence-electron chi connectivity index (χ2n) is 5.90. The van der Waals surface area contributed by atoms with Crippen LogP contribution in [0.4, 0.5) is 10.5 Å². The highest BCUT2D eigenvalue weighted by atomic mass is 35.5. The average molecular weight is 396 g/mol. The molecular formula is C18H22ClN3O3S. The number of nitrogens with one attached hydrogen (secondary N) is 2. The highest BCUT2D eigenvalue weighted by Gasteiger charge is 2.23. The number of anilines is 1. The molecule has 140 valence electrons. The fraction of sp³-hybridized carbons (Fsp3) is 0.389. The van der Waals surface area contributed by atoms with Gasteiger partial charge in [-0.05, 0) is 40.6 Å². The molecule has 2 heterocycles. The van der Waals surface area contributed by atoms with Crippen LogP contribution in [-0.4, -0.2) is 50.9 Å². The maximum Gasteiger partial charge on any atom is 0.319 e. The van der Waals surface area contributed by atoms with Crippen LogP contribution < -0.4 is 15.4 Å². The lowest BCUT2D eigenvalue weighted by molar-refractivity contribution is 0.0168. The number of carbonyl (C=O) groups excluding carboxylic acids is 1. The van der Waals surface area contributed by atoms with E-state index in [9.17, 15) is 4.79 Å². The maximum absolute atomic E-state index is 12.4. The molecule has 2 amide bonds. The van der Waals surface area contributed by atoms with Gasteiger partial charge in [0.25, 0.3) is 0 Å². The van der Waals surface area contributed by atoms with Crippen molar-refractivity contribution >= 4 is 34.7 Å². The Bertz CT molecular complexity index is 720. The van der Waals surface area contributed by atoms with Crippen LogP contribution in [0.3, 0.4) is 0 Å². The van der Waals surface area contributed by atoms with Gasteiger partial charge in [-0.1, -0.05) is 11.6 Å². The van der Waals surface area contributed by atoms with Gasteiger partial charge in [-0.25, -0.2) is 4.79 Å². The molecule has 3 rings (SSSR count). The lowest BCUT2D eigenvalue weighted by Crippen LogP contribution is -2.44. The van der Waals surface area contributed by atoms with E-state index in [2.05, 4.69) is 32.4 Å². The minimum absolute atomic E-state index is 0.122. The van der Waals surface area contributed by atoms with Gasteiger partial charge in [-0.3, -0.25) is 4.90 Å². The SMILES string of the molecule is COc1ccc(Cl)cc1NC(=O)NC[C@H](c1ccsc1)N1CCOCC1. The van der Waals surface area contributed by atoms with Crippen LogP contribution in [-0.2, 0) is 4.74 Å². The van der Waals surface area contributed by atoms with Crippen molar-refractivity contribution in [2.45, 2.75) is 6.04 Å². The predicted molar refractivity (Wildman–Crippen MR) is 104 cm³/mol.